The van der Waals surface area contributed by atoms with Crippen LogP contribution in [0.2, 0.25) is 0 Å². The van der Waals surface area contributed by atoms with Crippen LogP contribution in [-0.2, 0) is 0 Å². The minimum atomic E-state index is 0.589. The van der Waals surface area contributed by atoms with E-state index in [4.69, 9.17) is 5.73 Å². The first-order valence-corrected chi connectivity index (χ1v) is 9.60. The van der Waals surface area contributed by atoms with Crippen molar-refractivity contribution in [3.05, 3.63) is 42.6 Å². The van der Waals surface area contributed by atoms with Crippen LogP contribution in [0.25, 0.3) is 16.9 Å². The lowest BCUT2D eigenvalue weighted by molar-refractivity contribution is 0.209. The molecule has 146 valence electrons. The number of aromatic nitrogens is 5. The molecule has 28 heavy (non-hydrogen) atoms. The van der Waals surface area contributed by atoms with Crippen molar-refractivity contribution in [3.8, 4) is 16.9 Å². The summed E-state index contributed by atoms with van der Waals surface area (Å²) in [6, 6.07) is 4.58. The lowest BCUT2D eigenvalue weighted by atomic mass is 10.2. The van der Waals surface area contributed by atoms with Crippen molar-refractivity contribution >= 4 is 11.4 Å². The van der Waals surface area contributed by atoms with Crippen LogP contribution in [0.1, 0.15) is 19.5 Å². The second kappa shape index (κ2) is 7.55. The first kappa shape index (κ1) is 18.4. The van der Waals surface area contributed by atoms with Crippen LogP contribution in [0.15, 0.2) is 36.9 Å². The summed E-state index contributed by atoms with van der Waals surface area (Å²) >= 11 is 0. The summed E-state index contributed by atoms with van der Waals surface area (Å²) in [6.45, 7) is 10.6. The van der Waals surface area contributed by atoms with Gasteiger partial charge < -0.3 is 10.6 Å². The smallest absolute Gasteiger partial charge is 0.115 e. The average Bonchev–Trinajstić information content (AvgIpc) is 3.20. The fraction of sp³-hybridized carbons (Fsp3) is 0.400. The molecule has 4 rings (SSSR count). The molecule has 8 nitrogen and oxygen atoms in total. The van der Waals surface area contributed by atoms with Gasteiger partial charge in [-0.1, -0.05) is 5.21 Å². The van der Waals surface area contributed by atoms with Crippen molar-refractivity contribution in [3.63, 3.8) is 0 Å². The second-order valence-electron chi connectivity index (χ2n) is 7.47. The van der Waals surface area contributed by atoms with E-state index in [1.165, 1.54) is 0 Å². The van der Waals surface area contributed by atoms with Crippen molar-refractivity contribution in [2.24, 2.45) is 0 Å². The van der Waals surface area contributed by atoms with Gasteiger partial charge in [-0.2, -0.15) is 0 Å². The van der Waals surface area contributed by atoms with Crippen LogP contribution in [-0.4, -0.2) is 62.1 Å². The van der Waals surface area contributed by atoms with Crippen molar-refractivity contribution in [1.82, 2.24) is 29.9 Å². The third-order valence-electron chi connectivity index (χ3n) is 5.25. The maximum atomic E-state index is 5.87. The summed E-state index contributed by atoms with van der Waals surface area (Å²) in [5.41, 5.74) is 11.0. The largest absolute Gasteiger partial charge is 0.397 e. The Morgan fingerprint density at radius 2 is 1.82 bits per heavy atom. The van der Waals surface area contributed by atoms with Crippen molar-refractivity contribution < 1.29 is 0 Å². The number of nitrogens with zero attached hydrogens (tertiary/aromatic N) is 7. The van der Waals surface area contributed by atoms with E-state index in [9.17, 15) is 0 Å². The molecule has 1 fully saturated rings. The Hall–Kier alpha value is -3.00. The highest BCUT2D eigenvalue weighted by molar-refractivity contribution is 5.64. The molecular formula is C20H26N8. The summed E-state index contributed by atoms with van der Waals surface area (Å²) in [5.74, 6) is 0. The molecule has 8 heteroatoms. The van der Waals surface area contributed by atoms with Gasteiger partial charge in [-0.15, -0.1) is 5.10 Å². The third kappa shape index (κ3) is 3.68. The number of rotatable bonds is 4. The summed E-state index contributed by atoms with van der Waals surface area (Å²) in [4.78, 5) is 13.6. The number of piperazine rings is 1. The molecule has 3 aromatic heterocycles. The first-order valence-electron chi connectivity index (χ1n) is 9.60. The van der Waals surface area contributed by atoms with Gasteiger partial charge in [0.2, 0.25) is 0 Å². The zero-order chi connectivity index (χ0) is 19.7. The van der Waals surface area contributed by atoms with Crippen molar-refractivity contribution in [2.45, 2.75) is 26.8 Å². The van der Waals surface area contributed by atoms with Gasteiger partial charge >= 0.3 is 0 Å². The number of anilines is 2. The molecule has 1 aliphatic heterocycles. The molecule has 2 N–H and O–H groups in total. The van der Waals surface area contributed by atoms with Gasteiger partial charge in [0.15, 0.2) is 0 Å². The van der Waals surface area contributed by atoms with Crippen LogP contribution in [0.3, 0.4) is 0 Å². The van der Waals surface area contributed by atoms with Gasteiger partial charge in [0, 0.05) is 44.0 Å². The predicted molar refractivity (Wildman–Crippen MR) is 110 cm³/mol. The molecule has 1 aliphatic rings. The van der Waals surface area contributed by atoms with E-state index in [0.717, 1.165) is 54.5 Å². The molecule has 0 aliphatic carbocycles. The molecule has 1 saturated heterocycles. The Morgan fingerprint density at radius 3 is 2.57 bits per heavy atom. The fourth-order valence-corrected chi connectivity index (χ4v) is 3.52. The zero-order valence-electron chi connectivity index (χ0n) is 16.6. The van der Waals surface area contributed by atoms with Gasteiger partial charge in [-0.25, -0.2) is 4.68 Å². The Kier molecular flexibility index (Phi) is 4.95. The highest BCUT2D eigenvalue weighted by atomic mass is 15.4. The highest BCUT2D eigenvalue weighted by Crippen LogP contribution is 2.24. The predicted octanol–water partition coefficient (Wildman–Crippen LogP) is 2.15. The average molecular weight is 378 g/mol. The molecule has 3 aromatic rings. The zero-order valence-corrected chi connectivity index (χ0v) is 16.6. The van der Waals surface area contributed by atoms with Crippen molar-refractivity contribution in [2.75, 3.05) is 36.8 Å². The summed E-state index contributed by atoms with van der Waals surface area (Å²) in [6.07, 6.45) is 7.28. The molecule has 0 atom stereocenters. The van der Waals surface area contributed by atoms with Crippen LogP contribution < -0.4 is 10.6 Å². The normalized spacial score (nSPS) is 15.4. The van der Waals surface area contributed by atoms with Gasteiger partial charge in [0.05, 0.1) is 41.3 Å². The maximum absolute atomic E-state index is 5.87. The molecule has 0 radical (unpaired) electrons. The number of aryl methyl sites for hydroxylation is 1. The minimum absolute atomic E-state index is 0.589. The Morgan fingerprint density at radius 1 is 1.04 bits per heavy atom. The Bertz CT molecular complexity index is 956. The standard InChI is InChI=1S/C20H26N8/c1-14(2)26-4-6-27(7-5-26)18-8-16(10-22-12-18)19-13-28(25-24-19)20-9-17(21)11-23-15(20)3/h8-14H,4-7,21H2,1-3H3. The van der Waals surface area contributed by atoms with Crippen LogP contribution in [0.4, 0.5) is 11.4 Å². The first-order chi connectivity index (χ1) is 13.5. The minimum Gasteiger partial charge on any atom is -0.397 e. The van der Waals surface area contributed by atoms with E-state index in [-0.39, 0.29) is 0 Å². The topological polar surface area (TPSA) is 89.0 Å². The molecule has 0 spiro atoms. The quantitative estimate of drug-likeness (QED) is 0.744. The molecule has 4 heterocycles. The molecule has 0 amide bonds. The number of hydrogen-bond acceptors (Lipinski definition) is 7. The summed E-state index contributed by atoms with van der Waals surface area (Å²) in [7, 11) is 0. The summed E-state index contributed by atoms with van der Waals surface area (Å²) < 4.78 is 1.71. The number of nitrogens with two attached hydrogens (primary N) is 1. The number of nitrogen functional groups attached to an aromatic ring is 1. The lowest BCUT2D eigenvalue weighted by Crippen LogP contribution is -2.48. The van der Waals surface area contributed by atoms with Crippen LogP contribution in [0.5, 0.6) is 0 Å². The van der Waals surface area contributed by atoms with Gasteiger partial charge in [0.25, 0.3) is 0 Å². The van der Waals surface area contributed by atoms with E-state index < -0.39 is 0 Å². The molecule has 0 aromatic carbocycles. The third-order valence-corrected chi connectivity index (χ3v) is 5.25. The van der Waals surface area contributed by atoms with Crippen molar-refractivity contribution in [1.29, 1.82) is 0 Å². The molecule has 0 saturated carbocycles. The molecule has 0 unspecified atom stereocenters. The van der Waals surface area contributed by atoms with Gasteiger partial charge in [-0.05, 0) is 32.9 Å². The Labute approximate surface area is 165 Å². The molecule has 0 bridgehead atoms. The van der Waals surface area contributed by atoms with E-state index in [1.54, 1.807) is 10.9 Å². The monoisotopic (exact) mass is 378 g/mol. The van der Waals surface area contributed by atoms with E-state index in [0.29, 0.717) is 11.7 Å². The van der Waals surface area contributed by atoms with Gasteiger partial charge in [-0.3, -0.25) is 14.9 Å². The van der Waals surface area contributed by atoms with Crippen LogP contribution >= 0.6 is 0 Å². The van der Waals surface area contributed by atoms with E-state index >= 15 is 0 Å². The lowest BCUT2D eigenvalue weighted by Gasteiger charge is -2.38. The Balaban J connectivity index is 1.56. The maximum Gasteiger partial charge on any atom is 0.115 e. The van der Waals surface area contributed by atoms with E-state index in [1.807, 2.05) is 31.6 Å². The summed E-state index contributed by atoms with van der Waals surface area (Å²) in [5, 5.41) is 8.59. The second-order valence-corrected chi connectivity index (χ2v) is 7.47. The van der Waals surface area contributed by atoms with Crippen LogP contribution in [0, 0.1) is 6.92 Å². The fourth-order valence-electron chi connectivity index (χ4n) is 3.52. The van der Waals surface area contributed by atoms with Gasteiger partial charge in [0.1, 0.15) is 5.69 Å². The van der Waals surface area contributed by atoms with E-state index in [2.05, 4.69) is 50.0 Å². The molecular weight excluding hydrogens is 352 g/mol. The SMILES string of the molecule is Cc1ncc(N)cc1-n1cc(-c2cncc(N3CCN(C(C)C)CC3)c2)nn1. The number of hydrogen-bond donors (Lipinski definition) is 1. The number of pyridine rings is 2. The highest BCUT2D eigenvalue weighted by Gasteiger charge is 2.20.